The first-order valence-corrected chi connectivity index (χ1v) is 14.9. The standard InChI is InChI=1S/C32H30Cl2N2O5/c33-26-2-1-3-27(34)28(26)29-25(30(41-35-29)20-8-9-20)16-36-21-10-11-22(36)15-23(14-21)40-17-18-4-6-19(7-5-18)24-12-13-39-31(24)32(37)38/h1-7,12-13,20-23H,8-11,14-17H2,(H,37,38). The van der Waals surface area contributed by atoms with Gasteiger partial charge in [0.2, 0.25) is 5.76 Å². The van der Waals surface area contributed by atoms with Gasteiger partial charge in [0.05, 0.1) is 29.0 Å². The Kier molecular flexibility index (Phi) is 7.15. The molecule has 9 heteroatoms. The Morgan fingerprint density at radius 3 is 2.37 bits per heavy atom. The van der Waals surface area contributed by atoms with E-state index < -0.39 is 5.97 Å². The zero-order chi connectivity index (χ0) is 28.1. The lowest BCUT2D eigenvalue weighted by Gasteiger charge is -2.39. The van der Waals surface area contributed by atoms with E-state index in [1.54, 1.807) is 6.07 Å². The second kappa shape index (κ2) is 11.0. The Morgan fingerprint density at radius 1 is 1.00 bits per heavy atom. The number of carboxylic acids is 1. The van der Waals surface area contributed by atoms with Crippen molar-refractivity contribution in [2.24, 2.45) is 0 Å². The van der Waals surface area contributed by atoms with Gasteiger partial charge in [0.15, 0.2) is 0 Å². The number of carboxylic acid groups (broad SMARTS) is 1. The highest BCUT2D eigenvalue weighted by atomic mass is 35.5. The van der Waals surface area contributed by atoms with E-state index in [0.29, 0.717) is 40.2 Å². The number of aromatic carboxylic acids is 1. The molecule has 41 heavy (non-hydrogen) atoms. The SMILES string of the molecule is O=C(O)c1occc1-c1ccc(COC2CC3CCC(C2)N3Cc2c(-c3c(Cl)cccc3Cl)noc2C2CC2)cc1. The van der Waals surface area contributed by atoms with Crippen LogP contribution in [-0.4, -0.2) is 39.3 Å². The van der Waals surface area contributed by atoms with Crippen molar-refractivity contribution in [2.45, 2.75) is 75.8 Å². The van der Waals surface area contributed by atoms with Crippen molar-refractivity contribution in [1.82, 2.24) is 10.1 Å². The lowest BCUT2D eigenvalue weighted by molar-refractivity contribution is -0.0306. The maximum atomic E-state index is 11.4. The summed E-state index contributed by atoms with van der Waals surface area (Å²) in [6.45, 7) is 1.30. The monoisotopic (exact) mass is 592 g/mol. The summed E-state index contributed by atoms with van der Waals surface area (Å²) in [5.74, 6) is 0.300. The molecule has 7 rings (SSSR count). The average molecular weight is 594 g/mol. The Labute approximate surface area is 248 Å². The fourth-order valence-electron chi connectivity index (χ4n) is 6.56. The fraction of sp³-hybridized carbons (Fsp3) is 0.375. The molecule has 1 aliphatic carbocycles. The Bertz CT molecular complexity index is 1540. The number of carbonyl (C=O) groups is 1. The maximum Gasteiger partial charge on any atom is 0.372 e. The van der Waals surface area contributed by atoms with Gasteiger partial charge in [-0.3, -0.25) is 4.90 Å². The van der Waals surface area contributed by atoms with Crippen LogP contribution in [0, 0.1) is 0 Å². The van der Waals surface area contributed by atoms with Crippen LogP contribution in [0.1, 0.15) is 71.9 Å². The summed E-state index contributed by atoms with van der Waals surface area (Å²) in [6, 6.07) is 15.9. The molecule has 7 nitrogen and oxygen atoms in total. The summed E-state index contributed by atoms with van der Waals surface area (Å²) in [6.07, 6.45) is 8.13. The van der Waals surface area contributed by atoms with Crippen molar-refractivity contribution >= 4 is 29.2 Å². The summed E-state index contributed by atoms with van der Waals surface area (Å²) in [4.78, 5) is 14.0. The third kappa shape index (κ3) is 5.21. The number of halogens is 2. The number of ether oxygens (including phenoxy) is 1. The second-order valence-electron chi connectivity index (χ2n) is 11.4. The van der Waals surface area contributed by atoms with E-state index in [2.05, 4.69) is 10.1 Å². The minimum atomic E-state index is -1.07. The molecular weight excluding hydrogens is 563 g/mol. The summed E-state index contributed by atoms with van der Waals surface area (Å²) in [5, 5.41) is 15.0. The van der Waals surface area contributed by atoms with Gasteiger partial charge in [-0.1, -0.05) is 58.7 Å². The van der Waals surface area contributed by atoms with E-state index in [4.69, 9.17) is 36.9 Å². The average Bonchev–Trinajstić information content (AvgIpc) is 3.45. The number of rotatable bonds is 9. The fourth-order valence-corrected chi connectivity index (χ4v) is 7.14. The number of nitrogens with zero attached hydrogens (tertiary/aromatic N) is 2. The van der Waals surface area contributed by atoms with Crippen LogP contribution in [0.15, 0.2) is 63.7 Å². The second-order valence-corrected chi connectivity index (χ2v) is 12.2. The molecule has 2 aromatic carbocycles. The molecule has 2 saturated heterocycles. The maximum absolute atomic E-state index is 11.4. The van der Waals surface area contributed by atoms with Crippen molar-refractivity contribution in [2.75, 3.05) is 0 Å². The zero-order valence-electron chi connectivity index (χ0n) is 22.4. The number of benzene rings is 2. The van der Waals surface area contributed by atoms with Crippen molar-refractivity contribution in [1.29, 1.82) is 0 Å². The van der Waals surface area contributed by atoms with Crippen LogP contribution in [0.25, 0.3) is 22.4 Å². The summed E-state index contributed by atoms with van der Waals surface area (Å²) < 4.78 is 17.5. The molecule has 2 unspecified atom stereocenters. The van der Waals surface area contributed by atoms with Crippen LogP contribution in [0.2, 0.25) is 10.0 Å². The van der Waals surface area contributed by atoms with Crippen LogP contribution in [0.3, 0.4) is 0 Å². The molecule has 2 bridgehead atoms. The summed E-state index contributed by atoms with van der Waals surface area (Å²) >= 11 is 13.2. The minimum absolute atomic E-state index is 0.0474. The van der Waals surface area contributed by atoms with Gasteiger partial charge in [0, 0.05) is 41.2 Å². The Balaban J connectivity index is 1.03. The van der Waals surface area contributed by atoms with Crippen molar-refractivity contribution in [3.8, 4) is 22.4 Å². The van der Waals surface area contributed by atoms with Gasteiger partial charge in [-0.2, -0.15) is 0 Å². The van der Waals surface area contributed by atoms with E-state index in [1.165, 1.54) is 6.26 Å². The smallest absolute Gasteiger partial charge is 0.372 e. The van der Waals surface area contributed by atoms with Crippen LogP contribution >= 0.6 is 23.2 Å². The lowest BCUT2D eigenvalue weighted by atomic mass is 9.97. The summed E-state index contributed by atoms with van der Waals surface area (Å²) in [5.41, 5.74) is 5.10. The Hall–Kier alpha value is -3.10. The van der Waals surface area contributed by atoms with E-state index in [1.807, 2.05) is 42.5 Å². The first kappa shape index (κ1) is 26.8. The summed E-state index contributed by atoms with van der Waals surface area (Å²) in [7, 11) is 0. The number of hydrogen-bond acceptors (Lipinski definition) is 6. The zero-order valence-corrected chi connectivity index (χ0v) is 23.9. The largest absolute Gasteiger partial charge is 0.475 e. The molecule has 2 aromatic heterocycles. The topological polar surface area (TPSA) is 88.9 Å². The normalized spacial score (nSPS) is 22.3. The third-order valence-electron chi connectivity index (χ3n) is 8.76. The highest BCUT2D eigenvalue weighted by Crippen LogP contribution is 2.48. The first-order valence-electron chi connectivity index (χ1n) is 14.2. The number of furan rings is 1. The molecule has 212 valence electrons. The van der Waals surface area contributed by atoms with E-state index in [9.17, 15) is 9.90 Å². The predicted molar refractivity (Wildman–Crippen MR) is 155 cm³/mol. The van der Waals surface area contributed by atoms with Gasteiger partial charge in [-0.05, 0) is 67.9 Å². The molecule has 0 amide bonds. The highest BCUT2D eigenvalue weighted by molar-refractivity contribution is 6.39. The molecule has 1 saturated carbocycles. The van der Waals surface area contributed by atoms with Gasteiger partial charge in [-0.15, -0.1) is 0 Å². The highest BCUT2D eigenvalue weighted by Gasteiger charge is 2.43. The number of aromatic nitrogens is 1. The van der Waals surface area contributed by atoms with Crippen LogP contribution in [-0.2, 0) is 17.9 Å². The quantitative estimate of drug-likeness (QED) is 0.209. The number of hydrogen-bond donors (Lipinski definition) is 1. The van der Waals surface area contributed by atoms with Crippen molar-refractivity contribution in [3.05, 3.63) is 87.5 Å². The van der Waals surface area contributed by atoms with Gasteiger partial charge in [0.1, 0.15) is 11.5 Å². The van der Waals surface area contributed by atoms with Crippen molar-refractivity contribution < 1.29 is 23.6 Å². The number of fused-ring (bicyclic) bond motifs is 2. The molecule has 2 aliphatic heterocycles. The minimum Gasteiger partial charge on any atom is -0.475 e. The van der Waals surface area contributed by atoms with Crippen molar-refractivity contribution in [3.63, 3.8) is 0 Å². The van der Waals surface area contributed by atoms with Crippen LogP contribution < -0.4 is 0 Å². The van der Waals surface area contributed by atoms with Crippen LogP contribution in [0.5, 0.6) is 0 Å². The molecule has 3 fully saturated rings. The van der Waals surface area contributed by atoms with E-state index >= 15 is 0 Å². The first-order chi connectivity index (χ1) is 20.0. The molecule has 0 spiro atoms. The van der Waals surface area contributed by atoms with E-state index in [0.717, 1.165) is 78.8 Å². The molecule has 1 N–H and O–H groups in total. The van der Waals surface area contributed by atoms with E-state index in [-0.39, 0.29) is 11.9 Å². The molecule has 2 atom stereocenters. The predicted octanol–water partition coefficient (Wildman–Crippen LogP) is 8.20. The van der Waals surface area contributed by atoms with Crippen LogP contribution in [0.4, 0.5) is 0 Å². The lowest BCUT2D eigenvalue weighted by Crippen LogP contribution is -2.45. The van der Waals surface area contributed by atoms with Gasteiger partial charge < -0.3 is 18.8 Å². The van der Waals surface area contributed by atoms with Gasteiger partial charge in [0.25, 0.3) is 0 Å². The molecule has 3 aliphatic rings. The Morgan fingerprint density at radius 2 is 1.71 bits per heavy atom. The number of piperidine rings is 1. The molecule has 4 heterocycles. The molecular formula is C32H30Cl2N2O5. The van der Waals surface area contributed by atoms with Gasteiger partial charge in [-0.25, -0.2) is 4.79 Å². The molecule has 0 radical (unpaired) electrons. The van der Waals surface area contributed by atoms with Gasteiger partial charge >= 0.3 is 5.97 Å². The molecule has 4 aromatic rings. The third-order valence-corrected chi connectivity index (χ3v) is 9.39.